The molecule has 2 rings (SSSR count). The maximum Gasteiger partial charge on any atom is 0.119 e. The van der Waals surface area contributed by atoms with Gasteiger partial charge in [0.05, 0.1) is 6.10 Å². The number of rotatable bonds is 7. The van der Waals surface area contributed by atoms with E-state index >= 15 is 0 Å². The highest BCUT2D eigenvalue weighted by Gasteiger charge is 2.29. The van der Waals surface area contributed by atoms with Crippen molar-refractivity contribution < 1.29 is 10.2 Å². The maximum absolute atomic E-state index is 10.7. The Morgan fingerprint density at radius 2 is 1.88 bits per heavy atom. The van der Waals surface area contributed by atoms with Crippen molar-refractivity contribution in [2.75, 3.05) is 0 Å². The molecule has 0 aliphatic heterocycles. The number of aliphatic hydroxyl groups excluding tert-OH is 1. The Kier molecular flexibility index (Phi) is 7.37. The number of phenols is 1. The SMILES string of the molecule is CCCCCCC(C)(C)c1ccc(C2CC(O)CCCC2C)c(O)c1. The zero-order chi connectivity index (χ0) is 18.4. The minimum absolute atomic E-state index is 0.0956. The van der Waals surface area contributed by atoms with E-state index in [1.54, 1.807) is 0 Å². The summed E-state index contributed by atoms with van der Waals surface area (Å²) in [6.07, 6.45) is 9.92. The minimum atomic E-state index is -0.232. The highest BCUT2D eigenvalue weighted by molar-refractivity contribution is 5.41. The summed E-state index contributed by atoms with van der Waals surface area (Å²) in [5, 5.41) is 20.9. The van der Waals surface area contributed by atoms with Crippen molar-refractivity contribution >= 4 is 0 Å². The summed E-state index contributed by atoms with van der Waals surface area (Å²) >= 11 is 0. The first-order valence-electron chi connectivity index (χ1n) is 10.4. The minimum Gasteiger partial charge on any atom is -0.508 e. The predicted octanol–water partition coefficient (Wildman–Crippen LogP) is 6.29. The molecule has 0 radical (unpaired) electrons. The summed E-state index contributed by atoms with van der Waals surface area (Å²) in [5.41, 5.74) is 2.35. The monoisotopic (exact) mass is 346 g/mol. The van der Waals surface area contributed by atoms with Crippen LogP contribution in [0.15, 0.2) is 18.2 Å². The smallest absolute Gasteiger partial charge is 0.119 e. The lowest BCUT2D eigenvalue weighted by atomic mass is 9.77. The van der Waals surface area contributed by atoms with Crippen LogP contribution in [0.25, 0.3) is 0 Å². The van der Waals surface area contributed by atoms with Crippen LogP contribution in [-0.2, 0) is 5.41 Å². The van der Waals surface area contributed by atoms with Crippen LogP contribution < -0.4 is 0 Å². The highest BCUT2D eigenvalue weighted by Crippen LogP contribution is 2.42. The van der Waals surface area contributed by atoms with E-state index in [9.17, 15) is 10.2 Å². The van der Waals surface area contributed by atoms with Crippen LogP contribution >= 0.6 is 0 Å². The van der Waals surface area contributed by atoms with Crippen LogP contribution in [0.1, 0.15) is 103 Å². The molecular formula is C23H38O2. The Morgan fingerprint density at radius 3 is 2.56 bits per heavy atom. The number of unbranched alkanes of at least 4 members (excludes halogenated alkanes) is 3. The van der Waals surface area contributed by atoms with Gasteiger partial charge in [-0.1, -0.05) is 78.4 Å². The number of benzene rings is 1. The zero-order valence-electron chi connectivity index (χ0n) is 16.7. The van der Waals surface area contributed by atoms with Gasteiger partial charge in [0.25, 0.3) is 0 Å². The molecule has 0 saturated heterocycles. The summed E-state index contributed by atoms with van der Waals surface area (Å²) in [6.45, 7) is 9.07. The third kappa shape index (κ3) is 5.48. The summed E-state index contributed by atoms with van der Waals surface area (Å²) in [4.78, 5) is 0. The molecule has 0 aromatic heterocycles. The summed E-state index contributed by atoms with van der Waals surface area (Å²) in [5.74, 6) is 1.19. The molecule has 1 aliphatic rings. The fourth-order valence-corrected chi connectivity index (χ4v) is 4.37. The van der Waals surface area contributed by atoms with Crippen molar-refractivity contribution in [2.45, 2.75) is 103 Å². The molecule has 2 nitrogen and oxygen atoms in total. The number of aliphatic hydroxyl groups is 1. The van der Waals surface area contributed by atoms with E-state index in [1.807, 2.05) is 6.07 Å². The fourth-order valence-electron chi connectivity index (χ4n) is 4.37. The molecule has 142 valence electrons. The highest BCUT2D eigenvalue weighted by atomic mass is 16.3. The predicted molar refractivity (Wildman–Crippen MR) is 106 cm³/mol. The van der Waals surface area contributed by atoms with E-state index < -0.39 is 0 Å². The van der Waals surface area contributed by atoms with Crippen LogP contribution in [-0.4, -0.2) is 16.3 Å². The lowest BCUT2D eigenvalue weighted by molar-refractivity contribution is 0.149. The standard InChI is InChI=1S/C23H38O2/c1-5-6-7-8-14-23(3,4)18-12-13-20(22(25)15-18)21-16-19(24)11-9-10-17(21)2/h12-13,15,17,19,21,24-25H,5-11,14,16H2,1-4H3. The van der Waals surface area contributed by atoms with E-state index in [2.05, 4.69) is 39.8 Å². The molecule has 2 N–H and O–H groups in total. The second-order valence-electron chi connectivity index (χ2n) is 8.87. The molecule has 0 spiro atoms. The topological polar surface area (TPSA) is 40.5 Å². The lowest BCUT2D eigenvalue weighted by Crippen LogP contribution is -2.18. The molecular weight excluding hydrogens is 308 g/mol. The van der Waals surface area contributed by atoms with Gasteiger partial charge in [-0.3, -0.25) is 0 Å². The Labute approximate surface area is 154 Å². The summed E-state index contributed by atoms with van der Waals surface area (Å²) in [6, 6.07) is 6.32. The van der Waals surface area contributed by atoms with E-state index in [1.165, 1.54) is 31.2 Å². The van der Waals surface area contributed by atoms with Gasteiger partial charge >= 0.3 is 0 Å². The fraction of sp³-hybridized carbons (Fsp3) is 0.739. The molecule has 25 heavy (non-hydrogen) atoms. The van der Waals surface area contributed by atoms with Crippen molar-refractivity contribution in [3.05, 3.63) is 29.3 Å². The van der Waals surface area contributed by atoms with Crippen LogP contribution in [0.2, 0.25) is 0 Å². The molecule has 1 fully saturated rings. The Bertz CT molecular complexity index is 535. The molecule has 1 aromatic carbocycles. The molecule has 0 bridgehead atoms. The van der Waals surface area contributed by atoms with Gasteiger partial charge in [-0.2, -0.15) is 0 Å². The van der Waals surface area contributed by atoms with E-state index in [0.717, 1.165) is 37.7 Å². The number of hydrogen-bond acceptors (Lipinski definition) is 2. The zero-order valence-corrected chi connectivity index (χ0v) is 16.7. The van der Waals surface area contributed by atoms with E-state index in [-0.39, 0.29) is 17.4 Å². The molecule has 1 saturated carbocycles. The Hall–Kier alpha value is -1.02. The first-order chi connectivity index (χ1) is 11.8. The Balaban J connectivity index is 2.13. The van der Waals surface area contributed by atoms with Crippen molar-refractivity contribution in [2.24, 2.45) is 5.92 Å². The van der Waals surface area contributed by atoms with Crippen molar-refractivity contribution in [1.82, 2.24) is 0 Å². The molecule has 2 heteroatoms. The molecule has 3 unspecified atom stereocenters. The number of hydrogen-bond donors (Lipinski definition) is 2. The van der Waals surface area contributed by atoms with Gasteiger partial charge in [0.1, 0.15) is 5.75 Å². The molecule has 0 heterocycles. The number of aromatic hydroxyl groups is 1. The quantitative estimate of drug-likeness (QED) is 0.449. The van der Waals surface area contributed by atoms with Gasteiger partial charge in [-0.15, -0.1) is 0 Å². The van der Waals surface area contributed by atoms with Crippen LogP contribution in [0.4, 0.5) is 0 Å². The van der Waals surface area contributed by atoms with Gasteiger partial charge in [-0.25, -0.2) is 0 Å². The van der Waals surface area contributed by atoms with Gasteiger partial charge in [-0.05, 0) is 53.7 Å². The average Bonchev–Trinajstić information content (AvgIpc) is 2.72. The van der Waals surface area contributed by atoms with E-state index in [4.69, 9.17) is 0 Å². The third-order valence-corrected chi connectivity index (χ3v) is 6.28. The van der Waals surface area contributed by atoms with E-state index in [0.29, 0.717) is 11.7 Å². The summed E-state index contributed by atoms with van der Waals surface area (Å²) in [7, 11) is 0. The van der Waals surface area contributed by atoms with Crippen LogP contribution in [0.3, 0.4) is 0 Å². The first-order valence-corrected chi connectivity index (χ1v) is 10.4. The van der Waals surface area contributed by atoms with Gasteiger partial charge < -0.3 is 10.2 Å². The molecule has 1 aromatic rings. The largest absolute Gasteiger partial charge is 0.508 e. The lowest BCUT2D eigenvalue weighted by Gasteiger charge is -2.28. The molecule has 3 atom stereocenters. The van der Waals surface area contributed by atoms with Gasteiger partial charge in [0, 0.05) is 0 Å². The third-order valence-electron chi connectivity index (χ3n) is 6.28. The van der Waals surface area contributed by atoms with Gasteiger partial charge in [0.15, 0.2) is 0 Å². The second-order valence-corrected chi connectivity index (χ2v) is 8.87. The van der Waals surface area contributed by atoms with Crippen LogP contribution in [0, 0.1) is 5.92 Å². The van der Waals surface area contributed by atoms with Gasteiger partial charge in [0.2, 0.25) is 0 Å². The maximum atomic E-state index is 10.7. The second kappa shape index (κ2) is 9.07. The van der Waals surface area contributed by atoms with Crippen molar-refractivity contribution in [3.8, 4) is 5.75 Å². The molecule has 1 aliphatic carbocycles. The molecule has 0 amide bonds. The first kappa shape index (κ1) is 20.3. The summed E-state index contributed by atoms with van der Waals surface area (Å²) < 4.78 is 0. The average molecular weight is 347 g/mol. The normalized spacial score (nSPS) is 24.9. The van der Waals surface area contributed by atoms with Crippen molar-refractivity contribution in [3.63, 3.8) is 0 Å². The number of phenolic OH excluding ortho intramolecular Hbond substituents is 1. The Morgan fingerprint density at radius 1 is 1.12 bits per heavy atom. The van der Waals surface area contributed by atoms with Crippen molar-refractivity contribution in [1.29, 1.82) is 0 Å². The van der Waals surface area contributed by atoms with Crippen LogP contribution in [0.5, 0.6) is 5.75 Å².